The first-order valence-corrected chi connectivity index (χ1v) is 10.9. The number of nitrogens with zero attached hydrogens (tertiary/aromatic N) is 2. The molecule has 158 valence electrons. The number of hydrogen-bond donors (Lipinski definition) is 1. The summed E-state index contributed by atoms with van der Waals surface area (Å²) < 4.78 is 33.0. The molecule has 1 heterocycles. The summed E-state index contributed by atoms with van der Waals surface area (Å²) in [6.45, 7) is 4.01. The second kappa shape index (κ2) is 12.8. The van der Waals surface area contributed by atoms with Crippen LogP contribution in [0.5, 0.6) is 0 Å². The van der Waals surface area contributed by atoms with Crippen LogP contribution in [0.2, 0.25) is 0 Å². The number of carbonyl (C=O) groups excluding carboxylic acids is 1. The Kier molecular flexibility index (Phi) is 10.8. The zero-order valence-corrected chi connectivity index (χ0v) is 18.0. The lowest BCUT2D eigenvalue weighted by molar-refractivity contribution is -0.671. The monoisotopic (exact) mass is 419 g/mol. The van der Waals surface area contributed by atoms with Gasteiger partial charge >= 0.3 is 0 Å². The molecule has 0 spiro atoms. The highest BCUT2D eigenvalue weighted by Gasteiger charge is 2.07. The Morgan fingerprint density at radius 1 is 1.17 bits per heavy atom. The van der Waals surface area contributed by atoms with Gasteiger partial charge in [-0.25, -0.2) is 18.4 Å². The van der Waals surface area contributed by atoms with E-state index in [9.17, 15) is 17.8 Å². The highest BCUT2D eigenvalue weighted by molar-refractivity contribution is 7.85. The SMILES string of the molecule is CCCCCC/C=N/NC(=O)c1ccc[n+](C)c1.Cc1ccc(S(=O)(=O)[O-])cc1. The molecule has 8 heteroatoms. The van der Waals surface area contributed by atoms with E-state index in [1.54, 1.807) is 30.6 Å². The molecule has 29 heavy (non-hydrogen) atoms. The van der Waals surface area contributed by atoms with Crippen molar-refractivity contribution in [1.82, 2.24) is 5.43 Å². The van der Waals surface area contributed by atoms with Gasteiger partial charge in [0.2, 0.25) is 0 Å². The Labute approximate surface area is 173 Å². The zero-order valence-electron chi connectivity index (χ0n) is 17.2. The lowest BCUT2D eigenvalue weighted by Gasteiger charge is -2.05. The third-order valence-corrected chi connectivity index (χ3v) is 4.81. The van der Waals surface area contributed by atoms with E-state index in [-0.39, 0.29) is 10.8 Å². The molecule has 0 atom stereocenters. The number of amides is 1. The maximum atomic E-state index is 11.7. The number of unbranched alkanes of at least 4 members (excludes halogenated alkanes) is 4. The highest BCUT2D eigenvalue weighted by Crippen LogP contribution is 2.08. The van der Waals surface area contributed by atoms with Crippen LogP contribution in [0.25, 0.3) is 0 Å². The quantitative estimate of drug-likeness (QED) is 0.233. The molecule has 0 saturated heterocycles. The average molecular weight is 420 g/mol. The molecule has 0 aliphatic carbocycles. The first kappa shape index (κ1) is 24.5. The molecule has 1 aromatic heterocycles. The standard InChI is InChI=1S/C14H21N3O.C7H8O3S/c1-3-4-5-6-7-10-15-16-14(18)13-9-8-11-17(2)12-13;1-6-2-4-7(5-3-6)11(8,9)10/h8-12H,3-7H2,1-2H3;2-5H,1H3,(H,8,9,10)/b15-10+;. The van der Waals surface area contributed by atoms with Crippen molar-refractivity contribution in [3.8, 4) is 0 Å². The van der Waals surface area contributed by atoms with Crippen LogP contribution in [0.4, 0.5) is 0 Å². The normalized spacial score (nSPS) is 11.0. The van der Waals surface area contributed by atoms with E-state index in [4.69, 9.17) is 0 Å². The van der Waals surface area contributed by atoms with Gasteiger partial charge in [-0.2, -0.15) is 5.10 Å². The van der Waals surface area contributed by atoms with Crippen LogP contribution in [0.3, 0.4) is 0 Å². The van der Waals surface area contributed by atoms with Crippen molar-refractivity contribution in [1.29, 1.82) is 0 Å². The lowest BCUT2D eigenvalue weighted by Crippen LogP contribution is -2.29. The molecule has 0 aliphatic heterocycles. The van der Waals surface area contributed by atoms with Crippen LogP contribution < -0.4 is 9.99 Å². The van der Waals surface area contributed by atoms with Crippen molar-refractivity contribution in [2.45, 2.75) is 50.8 Å². The van der Waals surface area contributed by atoms with Gasteiger partial charge in [-0.3, -0.25) is 4.79 Å². The fourth-order valence-corrected chi connectivity index (χ4v) is 2.79. The van der Waals surface area contributed by atoms with Crippen LogP contribution >= 0.6 is 0 Å². The number of carbonyl (C=O) groups is 1. The minimum atomic E-state index is -4.27. The molecular weight excluding hydrogens is 390 g/mol. The third kappa shape index (κ3) is 10.5. The van der Waals surface area contributed by atoms with E-state index < -0.39 is 10.1 Å². The van der Waals surface area contributed by atoms with Crippen LogP contribution in [-0.4, -0.2) is 25.1 Å². The van der Waals surface area contributed by atoms with E-state index in [0.717, 1.165) is 18.4 Å². The van der Waals surface area contributed by atoms with Gasteiger partial charge in [-0.1, -0.05) is 43.9 Å². The van der Waals surface area contributed by atoms with Gasteiger partial charge < -0.3 is 4.55 Å². The predicted molar refractivity (Wildman–Crippen MR) is 111 cm³/mol. The molecule has 1 amide bonds. The van der Waals surface area contributed by atoms with Crippen LogP contribution in [0, 0.1) is 6.92 Å². The topological polar surface area (TPSA) is 103 Å². The number of hydrazone groups is 1. The summed E-state index contributed by atoms with van der Waals surface area (Å²) in [6, 6.07) is 9.39. The van der Waals surface area contributed by atoms with Crippen molar-refractivity contribution in [3.63, 3.8) is 0 Å². The largest absolute Gasteiger partial charge is 0.744 e. The molecule has 0 fully saturated rings. The summed E-state index contributed by atoms with van der Waals surface area (Å²) in [7, 11) is -2.39. The molecule has 0 saturated carbocycles. The number of pyridine rings is 1. The number of aryl methyl sites for hydroxylation is 2. The molecule has 0 bridgehead atoms. The molecule has 1 aromatic carbocycles. The number of aromatic nitrogens is 1. The molecular formula is C21H29N3O4S. The van der Waals surface area contributed by atoms with Gasteiger partial charge in [0.15, 0.2) is 12.4 Å². The maximum Gasteiger partial charge on any atom is 0.277 e. The summed E-state index contributed by atoms with van der Waals surface area (Å²) >= 11 is 0. The van der Waals surface area contributed by atoms with Gasteiger partial charge in [0.1, 0.15) is 22.7 Å². The number of rotatable bonds is 8. The summed E-state index contributed by atoms with van der Waals surface area (Å²) in [6.07, 6.45) is 11.2. The highest BCUT2D eigenvalue weighted by atomic mass is 32.2. The minimum Gasteiger partial charge on any atom is -0.744 e. The van der Waals surface area contributed by atoms with Crippen LogP contribution in [0.1, 0.15) is 54.9 Å². The van der Waals surface area contributed by atoms with E-state index in [2.05, 4.69) is 17.5 Å². The molecule has 0 radical (unpaired) electrons. The smallest absolute Gasteiger partial charge is 0.277 e. The predicted octanol–water partition coefficient (Wildman–Crippen LogP) is 3.10. The van der Waals surface area contributed by atoms with E-state index in [1.807, 2.05) is 30.8 Å². The first-order valence-electron chi connectivity index (χ1n) is 9.53. The van der Waals surface area contributed by atoms with E-state index >= 15 is 0 Å². The molecule has 0 aliphatic rings. The Bertz CT molecular complexity index is 894. The molecule has 0 unspecified atom stereocenters. The van der Waals surface area contributed by atoms with E-state index in [1.165, 1.54) is 31.4 Å². The number of hydrogen-bond acceptors (Lipinski definition) is 5. The van der Waals surface area contributed by atoms with Gasteiger partial charge in [0.05, 0.1) is 4.90 Å². The first-order chi connectivity index (χ1) is 13.7. The molecule has 2 aromatic rings. The van der Waals surface area contributed by atoms with Gasteiger partial charge in [0.25, 0.3) is 5.91 Å². The van der Waals surface area contributed by atoms with Gasteiger partial charge in [-0.15, -0.1) is 0 Å². The molecule has 7 nitrogen and oxygen atoms in total. The Morgan fingerprint density at radius 2 is 1.86 bits per heavy atom. The van der Waals surface area contributed by atoms with Gasteiger partial charge in [-0.05, 0) is 38.0 Å². The summed E-state index contributed by atoms with van der Waals surface area (Å²) in [5.74, 6) is -0.170. The average Bonchev–Trinajstić information content (AvgIpc) is 2.67. The van der Waals surface area contributed by atoms with Crippen LogP contribution in [0.15, 0.2) is 58.8 Å². The molecule has 1 N–H and O–H groups in total. The van der Waals surface area contributed by atoms with Crippen molar-refractivity contribution < 1.29 is 22.3 Å². The fourth-order valence-electron chi connectivity index (χ4n) is 2.32. The Morgan fingerprint density at radius 3 is 2.45 bits per heavy atom. The lowest BCUT2D eigenvalue weighted by atomic mass is 10.2. The second-order valence-electron chi connectivity index (χ2n) is 6.63. The summed E-state index contributed by atoms with van der Waals surface area (Å²) in [5, 5.41) is 3.94. The van der Waals surface area contributed by atoms with Crippen LogP contribution in [-0.2, 0) is 17.2 Å². The van der Waals surface area contributed by atoms with E-state index in [0.29, 0.717) is 5.56 Å². The van der Waals surface area contributed by atoms with Gasteiger partial charge in [0, 0.05) is 12.3 Å². The second-order valence-corrected chi connectivity index (χ2v) is 8.01. The number of benzene rings is 1. The number of nitrogens with one attached hydrogen (secondary N) is 1. The van der Waals surface area contributed by atoms with Crippen molar-refractivity contribution in [2.75, 3.05) is 0 Å². The van der Waals surface area contributed by atoms with Crippen molar-refractivity contribution >= 4 is 22.2 Å². The molecule has 2 rings (SSSR count). The van der Waals surface area contributed by atoms with Crippen molar-refractivity contribution in [2.24, 2.45) is 12.1 Å². The minimum absolute atomic E-state index is 0.170. The maximum absolute atomic E-state index is 11.7. The summed E-state index contributed by atoms with van der Waals surface area (Å²) in [5.41, 5.74) is 4.08. The Balaban J connectivity index is 0.000000326. The zero-order chi connectivity index (χ0) is 21.7. The summed E-state index contributed by atoms with van der Waals surface area (Å²) in [4.78, 5) is 11.5. The van der Waals surface area contributed by atoms with Crippen molar-refractivity contribution in [3.05, 3.63) is 59.9 Å². The fraction of sp³-hybridized carbons (Fsp3) is 0.381. The Hall–Kier alpha value is -2.58. The third-order valence-electron chi connectivity index (χ3n) is 3.96.